The van der Waals surface area contributed by atoms with Gasteiger partial charge in [-0.05, 0) is 18.1 Å². The Bertz CT molecular complexity index is 940. The second kappa shape index (κ2) is 7.73. The number of fused-ring (bicyclic) bond motifs is 1. The van der Waals surface area contributed by atoms with E-state index in [9.17, 15) is 0 Å². The van der Waals surface area contributed by atoms with E-state index in [4.69, 9.17) is 27.6 Å². The van der Waals surface area contributed by atoms with E-state index < -0.39 is 0 Å². The third-order valence-corrected chi connectivity index (χ3v) is 4.90. The molecule has 3 rings (SSSR count). The van der Waals surface area contributed by atoms with Crippen LogP contribution in [0.15, 0.2) is 41.6 Å². The van der Waals surface area contributed by atoms with Crippen molar-refractivity contribution in [3.63, 3.8) is 0 Å². The highest BCUT2D eigenvalue weighted by molar-refractivity contribution is 6.39. The number of benzene rings is 1. The van der Waals surface area contributed by atoms with Gasteiger partial charge in [0.15, 0.2) is 0 Å². The Balaban J connectivity index is 2.06. The summed E-state index contributed by atoms with van der Waals surface area (Å²) in [5.74, 6) is 1.28. The van der Waals surface area contributed by atoms with Crippen molar-refractivity contribution in [2.45, 2.75) is 39.5 Å². The van der Waals surface area contributed by atoms with Gasteiger partial charge in [-0.15, -0.1) is 0 Å². The van der Waals surface area contributed by atoms with Crippen molar-refractivity contribution < 1.29 is 4.42 Å². The zero-order valence-electron chi connectivity index (χ0n) is 15.2. The summed E-state index contributed by atoms with van der Waals surface area (Å²) in [6.07, 6.45) is 5.15. The van der Waals surface area contributed by atoms with Gasteiger partial charge in [0.25, 0.3) is 0 Å². The summed E-state index contributed by atoms with van der Waals surface area (Å²) in [7, 11) is 0. The molecule has 0 saturated carbocycles. The highest BCUT2D eigenvalue weighted by atomic mass is 35.5. The summed E-state index contributed by atoms with van der Waals surface area (Å²) in [5, 5.41) is 5.19. The van der Waals surface area contributed by atoms with E-state index in [0.717, 1.165) is 35.1 Å². The first-order chi connectivity index (χ1) is 12.4. The molecule has 2 aromatic heterocycles. The number of anilines is 1. The lowest BCUT2D eigenvalue weighted by atomic mass is 10.0. The Kier molecular flexibility index (Phi) is 5.59. The van der Waals surface area contributed by atoms with E-state index in [1.54, 1.807) is 12.4 Å². The quantitative estimate of drug-likeness (QED) is 0.481. The Morgan fingerprint density at radius 1 is 1.23 bits per heavy atom. The highest BCUT2D eigenvalue weighted by Crippen LogP contribution is 2.36. The van der Waals surface area contributed by atoms with Crippen LogP contribution in [0, 0.1) is 0 Å². The van der Waals surface area contributed by atoms with Crippen LogP contribution < -0.4 is 5.32 Å². The number of nitrogens with zero attached hydrogens (tertiary/aromatic N) is 1. The fourth-order valence-electron chi connectivity index (χ4n) is 2.96. The number of rotatable bonds is 6. The number of aromatic nitrogens is 1. The summed E-state index contributed by atoms with van der Waals surface area (Å²) in [4.78, 5) is 3.98. The third-order valence-electron chi connectivity index (χ3n) is 4.33. The van der Waals surface area contributed by atoms with Crippen LogP contribution in [0.1, 0.15) is 50.0 Å². The first-order valence-electron chi connectivity index (χ1n) is 8.73. The van der Waals surface area contributed by atoms with Gasteiger partial charge in [-0.2, -0.15) is 0 Å². The minimum absolute atomic E-state index is 0.315. The Morgan fingerprint density at radius 2 is 1.92 bits per heavy atom. The van der Waals surface area contributed by atoms with Crippen molar-refractivity contribution >= 4 is 45.6 Å². The van der Waals surface area contributed by atoms with E-state index in [0.29, 0.717) is 27.3 Å². The molecule has 3 nitrogen and oxygen atoms in total. The van der Waals surface area contributed by atoms with Crippen LogP contribution in [-0.2, 0) is 6.42 Å². The second-order valence-electron chi connectivity index (χ2n) is 6.65. The van der Waals surface area contributed by atoms with Crippen molar-refractivity contribution in [2.24, 2.45) is 0 Å². The topological polar surface area (TPSA) is 38.1 Å². The Morgan fingerprint density at radius 3 is 2.54 bits per heavy atom. The van der Waals surface area contributed by atoms with Gasteiger partial charge in [0.05, 0.1) is 15.7 Å². The first-order valence-corrected chi connectivity index (χ1v) is 9.48. The van der Waals surface area contributed by atoms with Crippen LogP contribution in [0.4, 0.5) is 5.69 Å². The SMILES string of the molecule is C=C(Nc1c(Cl)cncc1Cl)c1ccc(CCC)c2oc(C(C)C)cc12. The highest BCUT2D eigenvalue weighted by Gasteiger charge is 2.17. The van der Waals surface area contributed by atoms with E-state index in [1.165, 1.54) is 5.56 Å². The minimum atomic E-state index is 0.315. The maximum Gasteiger partial charge on any atom is 0.138 e. The average molecular weight is 389 g/mol. The van der Waals surface area contributed by atoms with Crippen LogP contribution in [0.25, 0.3) is 16.7 Å². The molecule has 0 aliphatic carbocycles. The number of halogens is 2. The molecule has 136 valence electrons. The Hall–Kier alpha value is -1.97. The lowest BCUT2D eigenvalue weighted by molar-refractivity contribution is 0.519. The lowest BCUT2D eigenvalue weighted by Crippen LogP contribution is -2.00. The molecule has 0 atom stereocenters. The van der Waals surface area contributed by atoms with Crippen molar-refractivity contribution in [1.29, 1.82) is 0 Å². The fourth-order valence-corrected chi connectivity index (χ4v) is 3.42. The molecule has 0 saturated heterocycles. The molecule has 0 bridgehead atoms. The number of nitrogens with one attached hydrogen (secondary N) is 1. The number of aryl methyl sites for hydroxylation is 1. The van der Waals surface area contributed by atoms with E-state index in [2.05, 4.69) is 55.9 Å². The zero-order valence-corrected chi connectivity index (χ0v) is 16.7. The summed E-state index contributed by atoms with van der Waals surface area (Å²) < 4.78 is 6.17. The van der Waals surface area contributed by atoms with Gasteiger partial charge in [0.2, 0.25) is 0 Å². The molecule has 26 heavy (non-hydrogen) atoms. The Labute approximate surface area is 164 Å². The number of furan rings is 1. The summed E-state index contributed by atoms with van der Waals surface area (Å²) in [6.45, 7) is 10.6. The van der Waals surface area contributed by atoms with Gasteiger partial charge in [-0.1, -0.05) is 69.1 Å². The molecule has 0 amide bonds. The van der Waals surface area contributed by atoms with Crippen LogP contribution in [0.5, 0.6) is 0 Å². The fraction of sp³-hybridized carbons (Fsp3) is 0.286. The minimum Gasteiger partial charge on any atom is -0.460 e. The van der Waals surface area contributed by atoms with Gasteiger partial charge in [0.1, 0.15) is 11.3 Å². The summed E-state index contributed by atoms with van der Waals surface area (Å²) >= 11 is 12.4. The molecule has 0 radical (unpaired) electrons. The molecular formula is C21H22Cl2N2O. The van der Waals surface area contributed by atoms with E-state index in [-0.39, 0.29) is 0 Å². The van der Waals surface area contributed by atoms with Crippen molar-refractivity contribution in [3.8, 4) is 0 Å². The van der Waals surface area contributed by atoms with E-state index >= 15 is 0 Å². The standard InChI is InChI=1S/C21H22Cl2N2O/c1-5-6-14-7-8-15(16-9-19(12(2)3)26-21(14)16)13(4)25-20-17(22)10-24-11-18(20)23/h7-12H,4-6H2,1-3H3,(H,24,25). The number of pyridine rings is 1. The molecule has 0 aliphatic rings. The second-order valence-corrected chi connectivity index (χ2v) is 7.46. The lowest BCUT2D eigenvalue weighted by Gasteiger charge is -2.14. The summed E-state index contributed by atoms with van der Waals surface area (Å²) in [5.41, 5.74) is 4.43. The molecule has 3 aromatic rings. The van der Waals surface area contributed by atoms with Gasteiger partial charge in [0, 0.05) is 35.0 Å². The van der Waals surface area contributed by atoms with E-state index in [1.807, 2.05) is 0 Å². The molecular weight excluding hydrogens is 367 g/mol. The molecule has 0 aliphatic heterocycles. The van der Waals surface area contributed by atoms with Gasteiger partial charge in [-0.25, -0.2) is 0 Å². The van der Waals surface area contributed by atoms with Crippen LogP contribution in [0.3, 0.4) is 0 Å². The molecule has 2 heterocycles. The maximum atomic E-state index is 6.22. The molecule has 5 heteroatoms. The van der Waals surface area contributed by atoms with Crippen molar-refractivity contribution in [3.05, 3.63) is 64.1 Å². The van der Waals surface area contributed by atoms with Gasteiger partial charge < -0.3 is 9.73 Å². The average Bonchev–Trinajstić information content (AvgIpc) is 3.04. The molecule has 1 aromatic carbocycles. The largest absolute Gasteiger partial charge is 0.460 e. The number of hydrogen-bond acceptors (Lipinski definition) is 3. The molecule has 0 fully saturated rings. The third kappa shape index (κ3) is 3.60. The van der Waals surface area contributed by atoms with Crippen molar-refractivity contribution in [2.75, 3.05) is 5.32 Å². The van der Waals surface area contributed by atoms with Crippen LogP contribution >= 0.6 is 23.2 Å². The van der Waals surface area contributed by atoms with Gasteiger partial charge >= 0.3 is 0 Å². The smallest absolute Gasteiger partial charge is 0.138 e. The predicted molar refractivity (Wildman–Crippen MR) is 111 cm³/mol. The number of hydrogen-bond donors (Lipinski definition) is 1. The van der Waals surface area contributed by atoms with Crippen LogP contribution in [0.2, 0.25) is 10.0 Å². The molecule has 1 N–H and O–H groups in total. The predicted octanol–water partition coefficient (Wildman–Crippen LogP) is 7.29. The molecule has 0 unspecified atom stereocenters. The maximum absolute atomic E-state index is 6.22. The van der Waals surface area contributed by atoms with Crippen LogP contribution in [-0.4, -0.2) is 4.98 Å². The summed E-state index contributed by atoms with van der Waals surface area (Å²) in [6, 6.07) is 6.29. The van der Waals surface area contributed by atoms with Crippen molar-refractivity contribution in [1.82, 2.24) is 4.98 Å². The van der Waals surface area contributed by atoms with Gasteiger partial charge in [-0.3, -0.25) is 4.98 Å². The monoisotopic (exact) mass is 388 g/mol. The zero-order chi connectivity index (χ0) is 18.8. The molecule has 0 spiro atoms. The first kappa shape index (κ1) is 18.8. The normalized spacial score (nSPS) is 11.3.